The van der Waals surface area contributed by atoms with Gasteiger partial charge in [0.05, 0.1) is 11.4 Å². The predicted octanol–water partition coefficient (Wildman–Crippen LogP) is 3.21. The Morgan fingerprint density at radius 2 is 1.93 bits per heavy atom. The lowest BCUT2D eigenvalue weighted by atomic mass is 9.93. The number of anilines is 1. The van der Waals surface area contributed by atoms with Gasteiger partial charge in [-0.05, 0) is 42.5 Å². The quantitative estimate of drug-likeness (QED) is 0.748. The van der Waals surface area contributed by atoms with Gasteiger partial charge in [0.1, 0.15) is 0 Å². The molecule has 2 amide bonds. The van der Waals surface area contributed by atoms with Crippen LogP contribution >= 0.6 is 0 Å². The number of carbonyl (C=O) groups excluding carboxylic acids is 1. The molecule has 0 unspecified atom stereocenters. The first kappa shape index (κ1) is 10.0. The fourth-order valence-electron chi connectivity index (χ4n) is 2.01. The fraction of sp³-hybridized carbons (Fsp3) is 0.417. The summed E-state index contributed by atoms with van der Waals surface area (Å²) in [5.74, 6) is 0.458. The molecule has 0 aromatic heterocycles. The van der Waals surface area contributed by atoms with E-state index in [4.69, 9.17) is 0 Å². The highest BCUT2D eigenvalue weighted by atomic mass is 16.2. The van der Waals surface area contributed by atoms with E-state index in [2.05, 4.69) is 31.4 Å². The fourth-order valence-corrected chi connectivity index (χ4v) is 2.01. The summed E-state index contributed by atoms with van der Waals surface area (Å²) in [6.45, 7) is 8.42. The molecular weight excluding hydrogens is 188 g/mol. The van der Waals surface area contributed by atoms with Gasteiger partial charge < -0.3 is 5.32 Å². The third-order valence-electron chi connectivity index (χ3n) is 2.99. The summed E-state index contributed by atoms with van der Waals surface area (Å²) in [5.41, 5.74) is 5.31. The first-order valence-corrected chi connectivity index (χ1v) is 5.17. The van der Waals surface area contributed by atoms with E-state index in [1.807, 2.05) is 13.0 Å². The highest BCUT2D eigenvalue weighted by Gasteiger charge is 2.23. The summed E-state index contributed by atoms with van der Waals surface area (Å²) in [7, 11) is 0. The van der Waals surface area contributed by atoms with Crippen molar-refractivity contribution in [1.82, 2.24) is 5.32 Å². The van der Waals surface area contributed by atoms with Crippen molar-refractivity contribution in [2.24, 2.45) is 0 Å². The van der Waals surface area contributed by atoms with Gasteiger partial charge in [0.15, 0.2) is 0 Å². The Morgan fingerprint density at radius 3 is 2.53 bits per heavy atom. The molecule has 0 atom stereocenters. The molecule has 1 aliphatic heterocycles. The van der Waals surface area contributed by atoms with Crippen molar-refractivity contribution >= 4 is 17.4 Å². The lowest BCUT2D eigenvalue weighted by molar-refractivity contribution is 0.256. The molecule has 1 radical (unpaired) electrons. The Morgan fingerprint density at radius 1 is 1.27 bits per heavy atom. The first-order valence-electron chi connectivity index (χ1n) is 5.17. The first-order chi connectivity index (χ1) is 7.00. The molecule has 1 N–H and O–H groups in total. The van der Waals surface area contributed by atoms with Crippen LogP contribution in [0.15, 0.2) is 6.07 Å². The minimum atomic E-state index is -0.256. The molecule has 1 aromatic rings. The number of fused-ring (bicyclic) bond motifs is 1. The monoisotopic (exact) mass is 203 g/mol. The average Bonchev–Trinajstić information content (AvgIpc) is 2.52. The van der Waals surface area contributed by atoms with Gasteiger partial charge in [-0.1, -0.05) is 13.8 Å². The Balaban J connectivity index is 2.62. The molecule has 1 heterocycles. The van der Waals surface area contributed by atoms with Crippen LogP contribution in [0.4, 0.5) is 16.2 Å². The second-order valence-electron chi connectivity index (χ2n) is 4.31. The van der Waals surface area contributed by atoms with Crippen LogP contribution < -0.4 is 10.6 Å². The van der Waals surface area contributed by atoms with Crippen LogP contribution in [0.2, 0.25) is 0 Å². The zero-order valence-electron chi connectivity index (χ0n) is 9.51. The summed E-state index contributed by atoms with van der Waals surface area (Å²) in [6, 6.07) is 1.76. The van der Waals surface area contributed by atoms with Crippen molar-refractivity contribution < 1.29 is 4.79 Å². The molecular formula is C12H15N2O. The van der Waals surface area contributed by atoms with Gasteiger partial charge in [-0.3, -0.25) is 0 Å². The Hall–Kier alpha value is -1.51. The molecule has 0 saturated carbocycles. The Labute approximate surface area is 89.9 Å². The largest absolute Gasteiger partial charge is 0.346 e. The lowest BCUT2D eigenvalue weighted by Gasteiger charge is -2.14. The Bertz CT molecular complexity index is 436. The SMILES string of the molecule is Cc1c(C(C)C)cc2c(c1C)NC(=O)[N]2. The normalized spacial score (nSPS) is 13.8. The highest BCUT2D eigenvalue weighted by molar-refractivity contribution is 6.03. The summed E-state index contributed by atoms with van der Waals surface area (Å²) < 4.78 is 0. The minimum absolute atomic E-state index is 0.256. The van der Waals surface area contributed by atoms with E-state index in [0.717, 1.165) is 16.9 Å². The summed E-state index contributed by atoms with van der Waals surface area (Å²) in [5, 5.41) is 6.71. The van der Waals surface area contributed by atoms with Gasteiger partial charge in [0, 0.05) is 0 Å². The van der Waals surface area contributed by atoms with E-state index in [-0.39, 0.29) is 6.03 Å². The van der Waals surface area contributed by atoms with Crippen molar-refractivity contribution in [2.75, 3.05) is 5.32 Å². The molecule has 0 saturated heterocycles. The number of rotatable bonds is 1. The van der Waals surface area contributed by atoms with Gasteiger partial charge in [0.25, 0.3) is 0 Å². The van der Waals surface area contributed by atoms with Crippen LogP contribution in [0, 0.1) is 13.8 Å². The average molecular weight is 203 g/mol. The lowest BCUT2D eigenvalue weighted by Crippen LogP contribution is -2.08. The third kappa shape index (κ3) is 1.48. The number of hydrogen-bond acceptors (Lipinski definition) is 1. The van der Waals surface area contributed by atoms with Crippen LogP contribution in [0.3, 0.4) is 0 Å². The van der Waals surface area contributed by atoms with Crippen LogP contribution in [0.5, 0.6) is 0 Å². The summed E-state index contributed by atoms with van der Waals surface area (Å²) in [6.07, 6.45) is 0. The molecule has 3 nitrogen and oxygen atoms in total. The van der Waals surface area contributed by atoms with Crippen molar-refractivity contribution in [2.45, 2.75) is 33.6 Å². The molecule has 0 spiro atoms. The topological polar surface area (TPSA) is 43.2 Å². The molecule has 79 valence electrons. The number of amides is 2. The van der Waals surface area contributed by atoms with E-state index >= 15 is 0 Å². The highest BCUT2D eigenvalue weighted by Crippen LogP contribution is 2.37. The second kappa shape index (κ2) is 3.26. The molecule has 1 aliphatic rings. The van der Waals surface area contributed by atoms with E-state index < -0.39 is 0 Å². The van der Waals surface area contributed by atoms with E-state index in [9.17, 15) is 4.79 Å². The third-order valence-corrected chi connectivity index (χ3v) is 2.99. The van der Waals surface area contributed by atoms with Crippen LogP contribution in [0.1, 0.15) is 36.5 Å². The van der Waals surface area contributed by atoms with Crippen LogP contribution in [-0.4, -0.2) is 6.03 Å². The predicted molar refractivity (Wildman–Crippen MR) is 60.8 cm³/mol. The maximum atomic E-state index is 11.2. The summed E-state index contributed by atoms with van der Waals surface area (Å²) in [4.78, 5) is 11.2. The van der Waals surface area contributed by atoms with Crippen LogP contribution in [-0.2, 0) is 0 Å². The smallest absolute Gasteiger partial charge is 0.304 e. The van der Waals surface area contributed by atoms with Crippen molar-refractivity contribution in [1.29, 1.82) is 0 Å². The van der Waals surface area contributed by atoms with Gasteiger partial charge in [0.2, 0.25) is 0 Å². The van der Waals surface area contributed by atoms with Crippen molar-refractivity contribution in [3.63, 3.8) is 0 Å². The molecule has 0 bridgehead atoms. The van der Waals surface area contributed by atoms with Crippen LogP contribution in [0.25, 0.3) is 0 Å². The number of benzene rings is 1. The number of hydrogen-bond donors (Lipinski definition) is 1. The van der Waals surface area contributed by atoms with Gasteiger partial charge in [-0.2, -0.15) is 5.32 Å². The molecule has 0 aliphatic carbocycles. The number of urea groups is 1. The number of carbonyl (C=O) groups is 1. The van der Waals surface area contributed by atoms with Crippen molar-refractivity contribution in [3.05, 3.63) is 22.8 Å². The molecule has 0 fully saturated rings. The molecule has 15 heavy (non-hydrogen) atoms. The standard InChI is InChI=1S/C12H15N2O/c1-6(2)9-5-10-11(8(4)7(9)3)14-12(15)13-10/h5-6H,1-4H3,(H,14,15). The van der Waals surface area contributed by atoms with Gasteiger partial charge >= 0.3 is 6.03 Å². The number of nitrogens with zero attached hydrogens (tertiary/aromatic N) is 1. The zero-order valence-corrected chi connectivity index (χ0v) is 9.51. The summed E-state index contributed by atoms with van der Waals surface area (Å²) >= 11 is 0. The van der Waals surface area contributed by atoms with E-state index in [0.29, 0.717) is 5.92 Å². The molecule has 2 rings (SSSR count). The zero-order chi connectivity index (χ0) is 11.2. The Kier molecular flexibility index (Phi) is 2.18. The van der Waals surface area contributed by atoms with Gasteiger partial charge in [-0.25, -0.2) is 4.79 Å². The number of nitrogens with one attached hydrogen (secondary N) is 1. The minimum Gasteiger partial charge on any atom is -0.304 e. The van der Waals surface area contributed by atoms with E-state index in [1.165, 1.54) is 11.1 Å². The van der Waals surface area contributed by atoms with Gasteiger partial charge in [-0.15, -0.1) is 0 Å². The maximum absolute atomic E-state index is 11.2. The maximum Gasteiger partial charge on any atom is 0.346 e. The molecule has 3 heteroatoms. The van der Waals surface area contributed by atoms with Crippen molar-refractivity contribution in [3.8, 4) is 0 Å². The second-order valence-corrected chi connectivity index (χ2v) is 4.31. The van der Waals surface area contributed by atoms with E-state index in [1.54, 1.807) is 0 Å². The molecule has 1 aromatic carbocycles.